The summed E-state index contributed by atoms with van der Waals surface area (Å²) < 4.78 is 7.06. The highest BCUT2D eigenvalue weighted by molar-refractivity contribution is 14.0. The van der Waals surface area contributed by atoms with Crippen molar-refractivity contribution in [3.05, 3.63) is 34.3 Å². The van der Waals surface area contributed by atoms with Gasteiger partial charge in [0.2, 0.25) is 0 Å². The fourth-order valence-corrected chi connectivity index (χ4v) is 5.48. The predicted octanol–water partition coefficient (Wildman–Crippen LogP) is 4.01. The van der Waals surface area contributed by atoms with Crippen molar-refractivity contribution in [2.24, 2.45) is 16.3 Å². The summed E-state index contributed by atoms with van der Waals surface area (Å²) >= 11 is 3.51. The maximum atomic E-state index is 5.92. The van der Waals surface area contributed by atoms with Gasteiger partial charge in [0, 0.05) is 61.2 Å². The highest BCUT2D eigenvalue weighted by Crippen LogP contribution is 2.52. The molecular formula is C22H34BrIN4O. The first kappa shape index (κ1) is 23.3. The van der Waals surface area contributed by atoms with E-state index >= 15 is 0 Å². The molecule has 1 saturated carbocycles. The van der Waals surface area contributed by atoms with E-state index in [2.05, 4.69) is 74.6 Å². The Morgan fingerprint density at radius 3 is 2.52 bits per heavy atom. The fraction of sp³-hybridized carbons (Fsp3) is 0.682. The lowest BCUT2D eigenvalue weighted by molar-refractivity contribution is -0.106. The maximum absolute atomic E-state index is 5.92. The average molecular weight is 577 g/mol. The van der Waals surface area contributed by atoms with Crippen LogP contribution in [0.25, 0.3) is 0 Å². The number of likely N-dealkylation sites (tertiary alicyclic amines) is 1. The third-order valence-electron chi connectivity index (χ3n) is 6.86. The summed E-state index contributed by atoms with van der Waals surface area (Å²) in [7, 11) is 1.88. The number of hydrogen-bond acceptors (Lipinski definition) is 3. The number of halogens is 2. The highest BCUT2D eigenvalue weighted by Gasteiger charge is 2.59. The number of fused-ring (bicyclic) bond motifs is 1. The first-order valence-electron chi connectivity index (χ1n) is 10.6. The molecule has 3 unspecified atom stereocenters. The molecule has 7 heteroatoms. The third kappa shape index (κ3) is 5.10. The normalized spacial score (nSPS) is 29.5. The zero-order valence-electron chi connectivity index (χ0n) is 17.7. The van der Waals surface area contributed by atoms with Crippen molar-refractivity contribution in [1.29, 1.82) is 0 Å². The predicted molar refractivity (Wildman–Crippen MR) is 133 cm³/mol. The molecular weight excluding hydrogens is 543 g/mol. The summed E-state index contributed by atoms with van der Waals surface area (Å²) in [6.45, 7) is 8.80. The first-order chi connectivity index (χ1) is 13.5. The van der Waals surface area contributed by atoms with Crippen molar-refractivity contribution in [2.75, 3.05) is 26.7 Å². The van der Waals surface area contributed by atoms with Crippen LogP contribution in [0, 0.1) is 11.3 Å². The van der Waals surface area contributed by atoms with Gasteiger partial charge in [-0.3, -0.25) is 9.89 Å². The van der Waals surface area contributed by atoms with Gasteiger partial charge < -0.3 is 15.4 Å². The minimum atomic E-state index is 0. The second-order valence-electron chi connectivity index (χ2n) is 9.08. The monoisotopic (exact) mass is 576 g/mol. The molecule has 1 aromatic carbocycles. The highest BCUT2D eigenvalue weighted by atomic mass is 127. The average Bonchev–Trinajstić information content (AvgIpc) is 3.15. The van der Waals surface area contributed by atoms with Crippen LogP contribution >= 0.6 is 39.9 Å². The second-order valence-corrected chi connectivity index (χ2v) is 10.00. The molecule has 0 spiro atoms. The van der Waals surface area contributed by atoms with Crippen molar-refractivity contribution in [3.63, 3.8) is 0 Å². The molecule has 3 atom stereocenters. The minimum Gasteiger partial charge on any atom is -0.377 e. The van der Waals surface area contributed by atoms with E-state index in [1.807, 2.05) is 7.05 Å². The van der Waals surface area contributed by atoms with Crippen LogP contribution < -0.4 is 10.6 Å². The Hall–Kier alpha value is -0.380. The van der Waals surface area contributed by atoms with Gasteiger partial charge in [0.25, 0.3) is 0 Å². The number of piperidine rings is 1. The van der Waals surface area contributed by atoms with E-state index in [1.54, 1.807) is 0 Å². The quantitative estimate of drug-likeness (QED) is 0.323. The molecule has 3 fully saturated rings. The van der Waals surface area contributed by atoms with Crippen molar-refractivity contribution in [1.82, 2.24) is 15.5 Å². The summed E-state index contributed by atoms with van der Waals surface area (Å²) in [4.78, 5) is 7.06. The summed E-state index contributed by atoms with van der Waals surface area (Å²) in [5.41, 5.74) is 1.56. The topological polar surface area (TPSA) is 48.9 Å². The van der Waals surface area contributed by atoms with E-state index in [0.29, 0.717) is 24.1 Å². The van der Waals surface area contributed by atoms with Gasteiger partial charge >= 0.3 is 0 Å². The summed E-state index contributed by atoms with van der Waals surface area (Å²) in [6, 6.07) is 9.61. The van der Waals surface area contributed by atoms with E-state index in [1.165, 1.54) is 5.56 Å². The molecule has 2 heterocycles. The Bertz CT molecular complexity index is 703. The molecule has 0 bridgehead atoms. The Labute approximate surface area is 200 Å². The molecule has 4 rings (SSSR count). The van der Waals surface area contributed by atoms with Gasteiger partial charge in [0.1, 0.15) is 0 Å². The van der Waals surface area contributed by atoms with Gasteiger partial charge in [-0.2, -0.15) is 0 Å². The molecule has 29 heavy (non-hydrogen) atoms. The van der Waals surface area contributed by atoms with Crippen LogP contribution in [0.2, 0.25) is 0 Å². The van der Waals surface area contributed by atoms with Gasteiger partial charge in [-0.25, -0.2) is 0 Å². The Morgan fingerprint density at radius 2 is 1.86 bits per heavy atom. The van der Waals surface area contributed by atoms with Crippen LogP contribution in [0.4, 0.5) is 0 Å². The Kier molecular flexibility index (Phi) is 7.89. The van der Waals surface area contributed by atoms with E-state index in [-0.39, 0.29) is 29.4 Å². The van der Waals surface area contributed by atoms with Crippen LogP contribution in [0.15, 0.2) is 33.7 Å². The Balaban J connectivity index is 0.00000240. The molecule has 162 valence electrons. The number of guanidine groups is 1. The van der Waals surface area contributed by atoms with E-state index in [4.69, 9.17) is 4.74 Å². The van der Waals surface area contributed by atoms with Crippen LogP contribution in [0.3, 0.4) is 0 Å². The second kappa shape index (κ2) is 9.83. The van der Waals surface area contributed by atoms with Crippen LogP contribution in [-0.2, 0) is 11.3 Å². The molecule has 3 aliphatic rings. The number of nitrogens with one attached hydrogen (secondary N) is 2. The standard InChI is InChI=1S/C22H33BrN4O.HI/c1-22(2)19(18-10-13-28-20(18)22)26-21(24-3)25-17-8-11-27(12-9-17)14-15-4-6-16(23)7-5-15;/h4-7,17-20H,8-14H2,1-3H3,(H2,24,25,26);1H. The van der Waals surface area contributed by atoms with Crippen LogP contribution in [-0.4, -0.2) is 55.8 Å². The van der Waals surface area contributed by atoms with Gasteiger partial charge in [-0.05, 0) is 37.0 Å². The van der Waals surface area contributed by atoms with E-state index in [9.17, 15) is 0 Å². The number of ether oxygens (including phenoxy) is 1. The molecule has 2 N–H and O–H groups in total. The summed E-state index contributed by atoms with van der Waals surface area (Å²) in [5, 5.41) is 7.39. The smallest absolute Gasteiger partial charge is 0.191 e. The van der Waals surface area contributed by atoms with Crippen molar-refractivity contribution in [2.45, 2.75) is 57.8 Å². The van der Waals surface area contributed by atoms with Gasteiger partial charge in [-0.1, -0.05) is 41.9 Å². The molecule has 1 aromatic rings. The number of rotatable bonds is 4. The van der Waals surface area contributed by atoms with E-state index < -0.39 is 0 Å². The van der Waals surface area contributed by atoms with E-state index in [0.717, 1.165) is 55.9 Å². The molecule has 0 radical (unpaired) electrons. The zero-order chi connectivity index (χ0) is 19.7. The first-order valence-corrected chi connectivity index (χ1v) is 11.3. The van der Waals surface area contributed by atoms with Crippen molar-refractivity contribution in [3.8, 4) is 0 Å². The number of benzene rings is 1. The molecule has 2 saturated heterocycles. The summed E-state index contributed by atoms with van der Waals surface area (Å²) in [6.07, 6.45) is 3.88. The largest absolute Gasteiger partial charge is 0.377 e. The Morgan fingerprint density at radius 1 is 1.17 bits per heavy atom. The molecule has 5 nitrogen and oxygen atoms in total. The van der Waals surface area contributed by atoms with Gasteiger partial charge in [-0.15, -0.1) is 24.0 Å². The third-order valence-corrected chi connectivity index (χ3v) is 7.39. The molecule has 2 aliphatic heterocycles. The molecule has 0 aromatic heterocycles. The van der Waals surface area contributed by atoms with Gasteiger partial charge in [0.05, 0.1) is 6.10 Å². The fourth-order valence-electron chi connectivity index (χ4n) is 5.21. The molecule has 1 aliphatic carbocycles. The van der Waals surface area contributed by atoms with Crippen molar-refractivity contribution >= 4 is 45.9 Å². The summed E-state index contributed by atoms with van der Waals surface area (Å²) in [5.74, 6) is 1.58. The minimum absolute atomic E-state index is 0. The SMILES string of the molecule is CN=C(NC1CCN(Cc2ccc(Br)cc2)CC1)NC1C2CCOC2C1(C)C.I. The van der Waals surface area contributed by atoms with Crippen molar-refractivity contribution < 1.29 is 4.74 Å². The zero-order valence-corrected chi connectivity index (χ0v) is 21.6. The van der Waals surface area contributed by atoms with Gasteiger partial charge in [0.15, 0.2) is 5.96 Å². The molecule has 0 amide bonds. The number of nitrogens with zero attached hydrogens (tertiary/aromatic N) is 2. The lowest BCUT2D eigenvalue weighted by Gasteiger charge is -2.55. The maximum Gasteiger partial charge on any atom is 0.191 e. The number of aliphatic imine (C=N–C) groups is 1. The van der Waals surface area contributed by atoms with Crippen LogP contribution in [0.5, 0.6) is 0 Å². The lowest BCUT2D eigenvalue weighted by atomic mass is 9.57. The lowest BCUT2D eigenvalue weighted by Crippen LogP contribution is -2.68. The number of hydrogen-bond donors (Lipinski definition) is 2. The van der Waals surface area contributed by atoms with Crippen LogP contribution in [0.1, 0.15) is 38.7 Å².